The minimum absolute atomic E-state index is 0.555. The van der Waals surface area contributed by atoms with Crippen LogP contribution in [0.5, 0.6) is 0 Å². The van der Waals surface area contributed by atoms with Gasteiger partial charge >= 0.3 is 0 Å². The maximum Gasteiger partial charge on any atom is 0.0844 e. The second-order valence-electron chi connectivity index (χ2n) is 4.66. The predicted octanol–water partition coefficient (Wildman–Crippen LogP) is 4.23. The minimum atomic E-state index is -0.555. The summed E-state index contributed by atoms with van der Waals surface area (Å²) < 4.78 is 0. The highest BCUT2D eigenvalue weighted by atomic mass is 35.5. The van der Waals surface area contributed by atoms with Crippen molar-refractivity contribution in [2.24, 2.45) is 0 Å². The molecule has 2 aromatic rings. The number of hydrogen-bond acceptors (Lipinski definition) is 1. The molecule has 1 unspecified atom stereocenters. The van der Waals surface area contributed by atoms with Crippen LogP contribution < -0.4 is 0 Å². The zero-order valence-electron chi connectivity index (χ0n) is 10.7. The van der Waals surface area contributed by atoms with E-state index >= 15 is 0 Å². The van der Waals surface area contributed by atoms with Gasteiger partial charge in [-0.25, -0.2) is 0 Å². The van der Waals surface area contributed by atoms with Crippen LogP contribution in [0.4, 0.5) is 0 Å². The Labute approximate surface area is 113 Å². The first-order valence-corrected chi connectivity index (χ1v) is 6.44. The van der Waals surface area contributed by atoms with Crippen molar-refractivity contribution in [3.8, 4) is 0 Å². The molecule has 1 nitrogen and oxygen atoms in total. The predicted molar refractivity (Wildman–Crippen MR) is 76.0 cm³/mol. The molecule has 2 heteroatoms. The summed E-state index contributed by atoms with van der Waals surface area (Å²) in [5, 5.41) is 10.8. The molecule has 0 bridgehead atoms. The van der Waals surface area contributed by atoms with E-state index < -0.39 is 6.10 Å². The van der Waals surface area contributed by atoms with Crippen LogP contribution in [0.1, 0.15) is 28.4 Å². The molecule has 18 heavy (non-hydrogen) atoms. The van der Waals surface area contributed by atoms with Gasteiger partial charge in [0.2, 0.25) is 0 Å². The second-order valence-corrected chi connectivity index (χ2v) is 5.07. The number of halogens is 1. The Morgan fingerprint density at radius 3 is 2.44 bits per heavy atom. The van der Waals surface area contributed by atoms with E-state index in [1.807, 2.05) is 18.2 Å². The lowest BCUT2D eigenvalue weighted by molar-refractivity contribution is 0.178. The summed E-state index contributed by atoms with van der Waals surface area (Å²) in [6.07, 6.45) is 0.0333. The molecule has 2 rings (SSSR count). The summed E-state index contributed by atoms with van der Waals surface area (Å²) in [7, 11) is 0. The fourth-order valence-electron chi connectivity index (χ4n) is 2.01. The third-order valence-corrected chi connectivity index (χ3v) is 3.61. The first-order chi connectivity index (χ1) is 8.58. The van der Waals surface area contributed by atoms with Crippen LogP contribution in [-0.2, 0) is 6.42 Å². The van der Waals surface area contributed by atoms with E-state index in [1.54, 1.807) is 6.07 Å². The van der Waals surface area contributed by atoms with Crippen LogP contribution in [0.3, 0.4) is 0 Å². The molecular weight excluding hydrogens is 244 g/mol. The van der Waals surface area contributed by atoms with E-state index in [-0.39, 0.29) is 0 Å². The number of aryl methyl sites for hydroxylation is 2. The highest BCUT2D eigenvalue weighted by Crippen LogP contribution is 2.25. The third kappa shape index (κ3) is 2.92. The van der Waals surface area contributed by atoms with Crippen molar-refractivity contribution in [3.63, 3.8) is 0 Å². The highest BCUT2D eigenvalue weighted by molar-refractivity contribution is 6.31. The van der Waals surface area contributed by atoms with Crippen LogP contribution in [-0.4, -0.2) is 5.11 Å². The fourth-order valence-corrected chi connectivity index (χ4v) is 2.27. The molecule has 0 fully saturated rings. The lowest BCUT2D eigenvalue weighted by Gasteiger charge is -2.13. The minimum Gasteiger partial charge on any atom is -0.388 e. The Bertz CT molecular complexity index is 549. The highest BCUT2D eigenvalue weighted by Gasteiger charge is 2.11. The number of aliphatic hydroxyl groups excluding tert-OH is 1. The van der Waals surface area contributed by atoms with Crippen molar-refractivity contribution in [1.82, 2.24) is 0 Å². The standard InChI is InChI=1S/C16H17ClO/c1-11-7-8-13(9-12(11)2)10-16(18)14-5-3-4-6-15(14)17/h3-9,16,18H,10H2,1-2H3. The van der Waals surface area contributed by atoms with Gasteiger partial charge < -0.3 is 5.11 Å². The lowest BCUT2D eigenvalue weighted by atomic mass is 9.98. The molecule has 0 aromatic heterocycles. The van der Waals surface area contributed by atoms with Gasteiger partial charge in [-0.3, -0.25) is 0 Å². The summed E-state index contributed by atoms with van der Waals surface area (Å²) in [4.78, 5) is 0. The van der Waals surface area contributed by atoms with Crippen LogP contribution in [0.15, 0.2) is 42.5 Å². The monoisotopic (exact) mass is 260 g/mol. The Balaban J connectivity index is 2.19. The first kappa shape index (κ1) is 13.1. The zero-order valence-corrected chi connectivity index (χ0v) is 11.4. The molecule has 0 radical (unpaired) electrons. The van der Waals surface area contributed by atoms with E-state index in [9.17, 15) is 5.11 Å². The normalized spacial score (nSPS) is 12.4. The van der Waals surface area contributed by atoms with Gasteiger partial charge in [-0.15, -0.1) is 0 Å². The van der Waals surface area contributed by atoms with Crippen LogP contribution in [0.25, 0.3) is 0 Å². The molecular formula is C16H17ClO. The van der Waals surface area contributed by atoms with Crippen molar-refractivity contribution in [2.45, 2.75) is 26.4 Å². The first-order valence-electron chi connectivity index (χ1n) is 6.06. The SMILES string of the molecule is Cc1ccc(CC(O)c2ccccc2Cl)cc1C. The van der Waals surface area contributed by atoms with Gasteiger partial charge in [0.1, 0.15) is 0 Å². The Hall–Kier alpha value is -1.31. The molecule has 1 atom stereocenters. The van der Waals surface area contributed by atoms with Gasteiger partial charge in [-0.05, 0) is 42.2 Å². The average molecular weight is 261 g/mol. The zero-order chi connectivity index (χ0) is 13.1. The van der Waals surface area contributed by atoms with Gasteiger partial charge in [0.15, 0.2) is 0 Å². The average Bonchev–Trinajstić information content (AvgIpc) is 2.34. The van der Waals surface area contributed by atoms with Gasteiger partial charge in [0, 0.05) is 11.4 Å². The number of aliphatic hydroxyl groups is 1. The van der Waals surface area contributed by atoms with Gasteiger partial charge in [-0.1, -0.05) is 48.0 Å². The van der Waals surface area contributed by atoms with Gasteiger partial charge in [0.05, 0.1) is 6.10 Å². The fraction of sp³-hybridized carbons (Fsp3) is 0.250. The molecule has 0 spiro atoms. The maximum absolute atomic E-state index is 10.2. The van der Waals surface area contributed by atoms with E-state index in [0.29, 0.717) is 11.4 Å². The van der Waals surface area contributed by atoms with Crippen LogP contribution in [0.2, 0.25) is 5.02 Å². The molecule has 94 valence electrons. The van der Waals surface area contributed by atoms with Gasteiger partial charge in [0.25, 0.3) is 0 Å². The smallest absolute Gasteiger partial charge is 0.0844 e. The summed E-state index contributed by atoms with van der Waals surface area (Å²) in [6, 6.07) is 13.7. The van der Waals surface area contributed by atoms with Crippen molar-refractivity contribution in [1.29, 1.82) is 0 Å². The molecule has 0 heterocycles. The Kier molecular flexibility index (Phi) is 4.05. The van der Waals surface area contributed by atoms with E-state index in [0.717, 1.165) is 11.1 Å². The van der Waals surface area contributed by atoms with Crippen molar-refractivity contribution in [2.75, 3.05) is 0 Å². The largest absolute Gasteiger partial charge is 0.388 e. The van der Waals surface area contributed by atoms with E-state index in [1.165, 1.54) is 11.1 Å². The quantitative estimate of drug-likeness (QED) is 0.876. The number of hydrogen-bond donors (Lipinski definition) is 1. The van der Waals surface area contributed by atoms with Crippen molar-refractivity contribution in [3.05, 3.63) is 69.7 Å². The molecule has 0 amide bonds. The van der Waals surface area contributed by atoms with Crippen LogP contribution in [0, 0.1) is 13.8 Å². The van der Waals surface area contributed by atoms with Gasteiger partial charge in [-0.2, -0.15) is 0 Å². The molecule has 0 saturated heterocycles. The molecule has 0 aliphatic rings. The molecule has 2 aromatic carbocycles. The molecule has 0 aliphatic heterocycles. The Morgan fingerprint density at radius 2 is 1.78 bits per heavy atom. The maximum atomic E-state index is 10.2. The van der Waals surface area contributed by atoms with Crippen molar-refractivity contribution >= 4 is 11.6 Å². The Morgan fingerprint density at radius 1 is 1.06 bits per heavy atom. The number of benzene rings is 2. The van der Waals surface area contributed by atoms with Crippen LogP contribution >= 0.6 is 11.6 Å². The summed E-state index contributed by atoms with van der Waals surface area (Å²) in [5.74, 6) is 0. The van der Waals surface area contributed by atoms with E-state index in [2.05, 4.69) is 32.0 Å². The lowest BCUT2D eigenvalue weighted by Crippen LogP contribution is -2.03. The summed E-state index contributed by atoms with van der Waals surface area (Å²) >= 11 is 6.08. The van der Waals surface area contributed by atoms with E-state index in [4.69, 9.17) is 11.6 Å². The molecule has 0 saturated carbocycles. The second kappa shape index (κ2) is 5.55. The topological polar surface area (TPSA) is 20.2 Å². The number of rotatable bonds is 3. The molecule has 0 aliphatic carbocycles. The van der Waals surface area contributed by atoms with Crippen molar-refractivity contribution < 1.29 is 5.11 Å². The third-order valence-electron chi connectivity index (χ3n) is 3.26. The summed E-state index contributed by atoms with van der Waals surface area (Å²) in [5.41, 5.74) is 4.44. The summed E-state index contributed by atoms with van der Waals surface area (Å²) in [6.45, 7) is 4.17. The molecule has 1 N–H and O–H groups in total.